The minimum absolute atomic E-state index is 0.0999. The summed E-state index contributed by atoms with van der Waals surface area (Å²) in [4.78, 5) is 24.6. The molecule has 3 rings (SSSR count). The van der Waals surface area contributed by atoms with Crippen LogP contribution in [0.5, 0.6) is 0 Å². The second kappa shape index (κ2) is 18.0. The maximum Gasteiger partial charge on any atom is 0.474 e. The van der Waals surface area contributed by atoms with Gasteiger partial charge in [-0.3, -0.25) is 18.7 Å². The van der Waals surface area contributed by atoms with E-state index in [0.717, 1.165) is 31.4 Å². The van der Waals surface area contributed by atoms with Crippen molar-refractivity contribution in [1.82, 2.24) is 4.90 Å². The summed E-state index contributed by atoms with van der Waals surface area (Å²) in [6.45, 7) is 8.92. The molecule has 0 saturated carbocycles. The van der Waals surface area contributed by atoms with E-state index in [1.165, 1.54) is 84.0 Å². The molecule has 2 saturated heterocycles. The van der Waals surface area contributed by atoms with Gasteiger partial charge in [0.25, 0.3) is 0 Å². The number of carbonyl (C=O) groups is 1. The summed E-state index contributed by atoms with van der Waals surface area (Å²) in [5.74, 6) is -0.211. The zero-order valence-corrected chi connectivity index (χ0v) is 28.2. The summed E-state index contributed by atoms with van der Waals surface area (Å²) in [5.41, 5.74) is -0.602. The maximum absolute atomic E-state index is 13.2. The third-order valence-electron chi connectivity index (χ3n) is 9.44. The number of benzene rings is 1. The summed E-state index contributed by atoms with van der Waals surface area (Å²) in [5, 5.41) is 0. The molecule has 1 N–H and O–H groups in total. The Morgan fingerprint density at radius 2 is 1.51 bits per heavy atom. The zero-order chi connectivity index (χ0) is 31.2. The largest absolute Gasteiger partial charge is 0.474 e. The van der Waals surface area contributed by atoms with Gasteiger partial charge in [-0.2, -0.15) is 0 Å². The first kappa shape index (κ1) is 36.2. The van der Waals surface area contributed by atoms with Gasteiger partial charge >= 0.3 is 13.8 Å². The van der Waals surface area contributed by atoms with Crippen LogP contribution in [0.4, 0.5) is 0 Å². The molecule has 0 aliphatic carbocycles. The molecular weight excluding hydrogens is 565 g/mol. The lowest BCUT2D eigenvalue weighted by Crippen LogP contribution is -2.32. The molecule has 2 heterocycles. The Labute approximate surface area is 260 Å². The molecule has 6 atom stereocenters. The fourth-order valence-corrected chi connectivity index (χ4v) is 7.90. The van der Waals surface area contributed by atoms with Crippen molar-refractivity contribution in [3.05, 3.63) is 35.9 Å². The highest BCUT2D eigenvalue weighted by Gasteiger charge is 2.80. The minimum Gasteiger partial charge on any atom is -0.458 e. The number of hydrogen-bond donors (Lipinski definition) is 1. The van der Waals surface area contributed by atoms with Gasteiger partial charge in [0, 0.05) is 25.6 Å². The van der Waals surface area contributed by atoms with Gasteiger partial charge in [0.2, 0.25) is 0 Å². The predicted octanol–water partition coefficient (Wildman–Crippen LogP) is 8.52. The fraction of sp³-hybridized carbons (Fsp3) is 0.794. The minimum atomic E-state index is -4.50. The predicted molar refractivity (Wildman–Crippen MR) is 171 cm³/mol. The number of fused-ring (bicyclic) bond motifs is 1. The quantitative estimate of drug-likeness (QED) is 0.0530. The molecule has 8 nitrogen and oxygen atoms in total. The molecule has 1 aromatic carbocycles. The average molecular weight is 624 g/mol. The van der Waals surface area contributed by atoms with Gasteiger partial charge in [0.05, 0.1) is 18.8 Å². The molecule has 0 amide bonds. The van der Waals surface area contributed by atoms with Crippen molar-refractivity contribution in [2.24, 2.45) is 5.92 Å². The highest BCUT2D eigenvalue weighted by Crippen LogP contribution is 2.71. The molecule has 2 aliphatic rings. The van der Waals surface area contributed by atoms with E-state index in [2.05, 4.69) is 25.7 Å². The summed E-state index contributed by atoms with van der Waals surface area (Å²) in [7, 11) is -4.50. The van der Waals surface area contributed by atoms with Gasteiger partial charge in [-0.25, -0.2) is 4.57 Å². The van der Waals surface area contributed by atoms with E-state index in [1.807, 2.05) is 30.3 Å². The number of esters is 1. The Balaban J connectivity index is 1.32. The van der Waals surface area contributed by atoms with Gasteiger partial charge in [-0.15, -0.1) is 0 Å². The van der Waals surface area contributed by atoms with Crippen LogP contribution in [0.2, 0.25) is 0 Å². The van der Waals surface area contributed by atoms with E-state index in [4.69, 9.17) is 18.5 Å². The number of rotatable bonds is 24. The Hall–Kier alpha value is -1.28. The number of phosphoric ester groups is 1. The van der Waals surface area contributed by atoms with Crippen LogP contribution in [-0.2, 0) is 33.6 Å². The first-order chi connectivity index (χ1) is 20.7. The average Bonchev–Trinajstić information content (AvgIpc) is 3.34. The second-order valence-corrected chi connectivity index (χ2v) is 14.1. The molecule has 2 fully saturated rings. The summed E-state index contributed by atoms with van der Waals surface area (Å²) >= 11 is 0. The summed E-state index contributed by atoms with van der Waals surface area (Å²) in [6.07, 6.45) is 18.3. The molecule has 0 spiro atoms. The highest BCUT2D eigenvalue weighted by atomic mass is 31.2. The molecule has 0 bridgehead atoms. The third-order valence-corrected chi connectivity index (χ3v) is 10.4. The maximum atomic E-state index is 13.2. The van der Waals surface area contributed by atoms with Crippen LogP contribution >= 0.6 is 7.82 Å². The first-order valence-corrected chi connectivity index (χ1v) is 18.4. The lowest BCUT2D eigenvalue weighted by Gasteiger charge is -2.28. The van der Waals surface area contributed by atoms with E-state index in [1.54, 1.807) is 0 Å². The van der Waals surface area contributed by atoms with Crippen LogP contribution in [-0.4, -0.2) is 53.8 Å². The van der Waals surface area contributed by atoms with Gasteiger partial charge in [-0.05, 0) is 25.7 Å². The van der Waals surface area contributed by atoms with Crippen LogP contribution in [0, 0.1) is 5.92 Å². The number of nitrogens with zero attached hydrogens (tertiary/aromatic N) is 1. The molecule has 246 valence electrons. The number of ether oxygens (including phenoxy) is 2. The van der Waals surface area contributed by atoms with Gasteiger partial charge < -0.3 is 14.4 Å². The Bertz CT molecular complexity index is 994. The zero-order valence-electron chi connectivity index (χ0n) is 27.3. The number of piperidine rings is 1. The van der Waals surface area contributed by atoms with Gasteiger partial charge in [0.1, 0.15) is 6.10 Å². The molecule has 43 heavy (non-hydrogen) atoms. The van der Waals surface area contributed by atoms with Crippen molar-refractivity contribution < 1.29 is 32.8 Å². The third kappa shape index (κ3) is 10.4. The second-order valence-electron chi connectivity index (χ2n) is 12.8. The summed E-state index contributed by atoms with van der Waals surface area (Å²) < 4.78 is 35.7. The van der Waals surface area contributed by atoms with Crippen molar-refractivity contribution >= 4 is 13.8 Å². The van der Waals surface area contributed by atoms with Crippen LogP contribution in [0.1, 0.15) is 130 Å². The van der Waals surface area contributed by atoms with Crippen molar-refractivity contribution in [1.29, 1.82) is 0 Å². The molecule has 9 heteroatoms. The Kier molecular flexibility index (Phi) is 15.2. The molecular formula is C34H58NO7P. The lowest BCUT2D eigenvalue weighted by molar-refractivity contribution is -0.152. The number of hydrogen-bond acceptors (Lipinski definition) is 7. The Morgan fingerprint density at radius 1 is 0.953 bits per heavy atom. The van der Waals surface area contributed by atoms with Crippen LogP contribution in [0.15, 0.2) is 30.3 Å². The van der Waals surface area contributed by atoms with Gasteiger partial charge in [-0.1, -0.05) is 128 Å². The Morgan fingerprint density at radius 3 is 2.02 bits per heavy atom. The smallest absolute Gasteiger partial charge is 0.458 e. The van der Waals surface area contributed by atoms with Crippen LogP contribution in [0.3, 0.4) is 0 Å². The van der Waals surface area contributed by atoms with Crippen molar-refractivity contribution in [2.45, 2.75) is 141 Å². The number of unbranched alkanes of at least 4 members (excludes halogenated alkanes) is 13. The van der Waals surface area contributed by atoms with Crippen molar-refractivity contribution in [3.8, 4) is 0 Å². The molecule has 1 aromatic rings. The SMILES string of the molecule is CCCCCCCCCCCCCCCCOCC(COP(=O)(O)OC1(c2ccccc2)N2CCC(C)C21C)OC(C)=O. The standard InChI is InChI=1S/C34H58NO7P/c1-5-6-7-8-9-10-11-12-13-14-15-16-17-21-26-39-27-32(41-30(3)36)28-40-43(37,38)42-34(31-22-19-18-20-23-31)33(4)29(2)24-25-35(33)34/h18-20,22-23,29,32H,5-17,21,24-28H2,1-4H3,(H,37,38). The number of phosphoric acid groups is 1. The normalized spacial score (nSPS) is 26.5. The van der Waals surface area contributed by atoms with Gasteiger partial charge in [0.15, 0.2) is 5.72 Å². The van der Waals surface area contributed by atoms with Crippen LogP contribution < -0.4 is 0 Å². The monoisotopic (exact) mass is 623 g/mol. The van der Waals surface area contributed by atoms with E-state index in [0.29, 0.717) is 6.61 Å². The lowest BCUT2D eigenvalue weighted by atomic mass is 9.85. The number of carbonyl (C=O) groups excluding carboxylic acids is 1. The van der Waals surface area contributed by atoms with E-state index in [-0.39, 0.29) is 19.1 Å². The molecule has 0 radical (unpaired) electrons. The topological polar surface area (TPSA) is 94.3 Å². The van der Waals surface area contributed by atoms with Crippen molar-refractivity contribution in [3.63, 3.8) is 0 Å². The fourth-order valence-electron chi connectivity index (χ4n) is 6.77. The molecule has 0 aromatic heterocycles. The van der Waals surface area contributed by atoms with E-state index in [9.17, 15) is 14.3 Å². The van der Waals surface area contributed by atoms with Crippen LogP contribution in [0.25, 0.3) is 0 Å². The summed E-state index contributed by atoms with van der Waals surface area (Å²) in [6, 6.07) is 9.55. The first-order valence-electron chi connectivity index (χ1n) is 16.9. The molecule has 2 aliphatic heterocycles. The molecule has 6 unspecified atom stereocenters. The van der Waals surface area contributed by atoms with E-state index >= 15 is 0 Å². The highest BCUT2D eigenvalue weighted by molar-refractivity contribution is 7.47. The van der Waals surface area contributed by atoms with E-state index < -0.39 is 31.2 Å². The van der Waals surface area contributed by atoms with Crippen molar-refractivity contribution in [2.75, 3.05) is 26.4 Å².